The molecule has 3 nitrogen and oxygen atoms in total. The maximum atomic E-state index is 11.4. The van der Waals surface area contributed by atoms with Crippen LogP contribution in [-0.2, 0) is 0 Å². The molecular formula is C11H9NO2S. The van der Waals surface area contributed by atoms with Gasteiger partial charge in [0.15, 0.2) is 0 Å². The van der Waals surface area contributed by atoms with Gasteiger partial charge in [-0.1, -0.05) is 41.7 Å². The van der Waals surface area contributed by atoms with Crippen LogP contribution >= 0.6 is 11.3 Å². The first-order chi connectivity index (χ1) is 7.20. The van der Waals surface area contributed by atoms with Crippen molar-refractivity contribution in [3.8, 4) is 11.3 Å². The quantitative estimate of drug-likeness (QED) is 0.737. The highest BCUT2D eigenvalue weighted by Gasteiger charge is 2.11. The maximum absolute atomic E-state index is 11.4. The van der Waals surface area contributed by atoms with E-state index in [4.69, 9.17) is 0 Å². The van der Waals surface area contributed by atoms with E-state index in [0.717, 1.165) is 16.9 Å². The molecule has 0 amide bonds. The van der Waals surface area contributed by atoms with Crippen LogP contribution < -0.4 is 4.87 Å². The fraction of sp³-hybridized carbons (Fsp3) is 0.0909. The van der Waals surface area contributed by atoms with Crippen LogP contribution in [0.1, 0.15) is 11.7 Å². The Labute approximate surface area is 90.6 Å². The van der Waals surface area contributed by atoms with Crippen LogP contribution in [0.15, 0.2) is 40.5 Å². The SMILES string of the molecule is CC(=O)n1c(-c2ccccc2)csc1=O. The molecule has 0 N–H and O–H groups in total. The van der Waals surface area contributed by atoms with E-state index in [1.807, 2.05) is 30.3 Å². The summed E-state index contributed by atoms with van der Waals surface area (Å²) in [6.45, 7) is 1.39. The molecule has 0 aliphatic carbocycles. The minimum atomic E-state index is -0.250. The van der Waals surface area contributed by atoms with Gasteiger partial charge >= 0.3 is 4.87 Å². The smallest absolute Gasteiger partial charge is 0.274 e. The van der Waals surface area contributed by atoms with Gasteiger partial charge in [0.05, 0.1) is 5.69 Å². The van der Waals surface area contributed by atoms with E-state index < -0.39 is 0 Å². The Hall–Kier alpha value is -1.68. The van der Waals surface area contributed by atoms with Crippen molar-refractivity contribution in [3.05, 3.63) is 45.4 Å². The zero-order valence-corrected chi connectivity index (χ0v) is 8.95. The number of nitrogens with zero attached hydrogens (tertiary/aromatic N) is 1. The van der Waals surface area contributed by atoms with Gasteiger partial charge in [0.1, 0.15) is 0 Å². The Balaban J connectivity index is 2.65. The molecule has 0 aliphatic rings. The Morgan fingerprint density at radius 3 is 2.53 bits per heavy atom. The summed E-state index contributed by atoms with van der Waals surface area (Å²) in [5.41, 5.74) is 1.55. The zero-order chi connectivity index (χ0) is 10.8. The number of hydrogen-bond acceptors (Lipinski definition) is 3. The van der Waals surface area contributed by atoms with Crippen LogP contribution in [0.4, 0.5) is 0 Å². The lowest BCUT2D eigenvalue weighted by molar-refractivity contribution is 0.0936. The van der Waals surface area contributed by atoms with Gasteiger partial charge in [0.2, 0.25) is 5.91 Å². The molecule has 0 radical (unpaired) electrons. The summed E-state index contributed by atoms with van der Waals surface area (Å²) < 4.78 is 1.19. The second-order valence-corrected chi connectivity index (χ2v) is 3.93. The summed E-state index contributed by atoms with van der Waals surface area (Å²) in [6.07, 6.45) is 0. The molecule has 2 rings (SSSR count). The summed E-state index contributed by atoms with van der Waals surface area (Å²) in [6, 6.07) is 9.40. The Kier molecular flexibility index (Phi) is 2.51. The molecule has 0 atom stereocenters. The first-order valence-electron chi connectivity index (χ1n) is 4.47. The number of hydrogen-bond donors (Lipinski definition) is 0. The van der Waals surface area contributed by atoms with Crippen molar-refractivity contribution in [1.29, 1.82) is 0 Å². The van der Waals surface area contributed by atoms with Gasteiger partial charge in [-0.25, -0.2) is 4.57 Å². The monoisotopic (exact) mass is 219 g/mol. The van der Waals surface area contributed by atoms with E-state index in [2.05, 4.69) is 0 Å². The summed E-state index contributed by atoms with van der Waals surface area (Å²) >= 11 is 1.04. The van der Waals surface area contributed by atoms with Crippen LogP contribution in [0.2, 0.25) is 0 Å². The highest BCUT2D eigenvalue weighted by atomic mass is 32.1. The average molecular weight is 219 g/mol. The van der Waals surface area contributed by atoms with Crippen LogP contribution in [-0.4, -0.2) is 10.5 Å². The first kappa shape index (κ1) is 9.86. The third-order valence-corrected chi connectivity index (χ3v) is 2.80. The van der Waals surface area contributed by atoms with Crippen LogP contribution in [0.5, 0.6) is 0 Å². The van der Waals surface area contributed by atoms with Crippen molar-refractivity contribution >= 4 is 17.2 Å². The van der Waals surface area contributed by atoms with Gasteiger partial charge < -0.3 is 0 Å². The number of carbonyl (C=O) groups excluding carboxylic acids is 1. The van der Waals surface area contributed by atoms with Crippen molar-refractivity contribution in [2.24, 2.45) is 0 Å². The number of rotatable bonds is 1. The van der Waals surface area contributed by atoms with Gasteiger partial charge in [-0.3, -0.25) is 9.59 Å². The Morgan fingerprint density at radius 1 is 1.27 bits per heavy atom. The third kappa shape index (κ3) is 1.76. The zero-order valence-electron chi connectivity index (χ0n) is 8.14. The molecule has 0 saturated carbocycles. The summed E-state index contributed by atoms with van der Waals surface area (Å²) in [5, 5.41) is 1.71. The third-order valence-electron chi connectivity index (χ3n) is 2.08. The molecular weight excluding hydrogens is 210 g/mol. The molecule has 0 spiro atoms. The molecule has 1 heterocycles. The molecule has 2 aromatic rings. The predicted octanol–water partition coefficient (Wildman–Crippen LogP) is 2.24. The molecule has 1 aromatic heterocycles. The fourth-order valence-electron chi connectivity index (χ4n) is 1.41. The van der Waals surface area contributed by atoms with Gasteiger partial charge in [0.25, 0.3) is 0 Å². The van der Waals surface area contributed by atoms with E-state index in [9.17, 15) is 9.59 Å². The first-order valence-corrected chi connectivity index (χ1v) is 5.35. The minimum absolute atomic E-state index is 0.235. The summed E-state index contributed by atoms with van der Waals surface area (Å²) in [5.74, 6) is -0.250. The van der Waals surface area contributed by atoms with E-state index in [1.54, 1.807) is 5.38 Å². The minimum Gasteiger partial charge on any atom is -0.274 e. The topological polar surface area (TPSA) is 39.1 Å². The van der Waals surface area contributed by atoms with Crippen molar-refractivity contribution in [1.82, 2.24) is 4.57 Å². The van der Waals surface area contributed by atoms with Gasteiger partial charge in [-0.2, -0.15) is 0 Å². The molecule has 0 fully saturated rings. The lowest BCUT2D eigenvalue weighted by Crippen LogP contribution is -2.19. The van der Waals surface area contributed by atoms with Gasteiger partial charge in [-0.15, -0.1) is 0 Å². The standard InChI is InChI=1S/C11H9NO2S/c1-8(13)12-10(7-15-11(12)14)9-5-3-2-4-6-9/h2-7H,1H3. The van der Waals surface area contributed by atoms with Crippen LogP contribution in [0.3, 0.4) is 0 Å². The lowest BCUT2D eigenvalue weighted by atomic mass is 10.2. The normalized spacial score (nSPS) is 10.2. The molecule has 76 valence electrons. The number of benzene rings is 1. The van der Waals surface area contributed by atoms with Crippen molar-refractivity contribution in [2.75, 3.05) is 0 Å². The highest BCUT2D eigenvalue weighted by molar-refractivity contribution is 7.07. The Bertz CT molecular complexity index is 539. The summed E-state index contributed by atoms with van der Waals surface area (Å²) in [4.78, 5) is 22.5. The van der Waals surface area contributed by atoms with Gasteiger partial charge in [0, 0.05) is 12.3 Å². The maximum Gasteiger partial charge on any atom is 0.314 e. The molecule has 0 aliphatic heterocycles. The number of carbonyl (C=O) groups is 1. The van der Waals surface area contributed by atoms with E-state index in [0.29, 0.717) is 5.69 Å². The van der Waals surface area contributed by atoms with Crippen molar-refractivity contribution < 1.29 is 4.79 Å². The van der Waals surface area contributed by atoms with Crippen LogP contribution in [0.25, 0.3) is 11.3 Å². The Morgan fingerprint density at radius 2 is 1.93 bits per heavy atom. The number of aromatic nitrogens is 1. The molecule has 4 heteroatoms. The number of thiazole rings is 1. The molecule has 1 aromatic carbocycles. The second-order valence-electron chi connectivity index (χ2n) is 3.11. The van der Waals surface area contributed by atoms with E-state index >= 15 is 0 Å². The largest absolute Gasteiger partial charge is 0.314 e. The summed E-state index contributed by atoms with van der Waals surface area (Å²) in [7, 11) is 0. The van der Waals surface area contributed by atoms with Crippen molar-refractivity contribution in [2.45, 2.75) is 6.92 Å². The van der Waals surface area contributed by atoms with E-state index in [-0.39, 0.29) is 10.8 Å². The van der Waals surface area contributed by atoms with E-state index in [1.165, 1.54) is 11.5 Å². The van der Waals surface area contributed by atoms with Gasteiger partial charge in [-0.05, 0) is 5.56 Å². The van der Waals surface area contributed by atoms with Crippen LogP contribution in [0, 0.1) is 0 Å². The molecule has 0 unspecified atom stereocenters. The molecule has 0 saturated heterocycles. The van der Waals surface area contributed by atoms with Crippen molar-refractivity contribution in [3.63, 3.8) is 0 Å². The average Bonchev–Trinajstić information content (AvgIpc) is 2.61. The lowest BCUT2D eigenvalue weighted by Gasteiger charge is -2.02. The highest BCUT2D eigenvalue weighted by Crippen LogP contribution is 2.19. The molecule has 0 bridgehead atoms. The second kappa shape index (κ2) is 3.82. The predicted molar refractivity (Wildman–Crippen MR) is 60.3 cm³/mol. The molecule has 15 heavy (non-hydrogen) atoms. The fourth-order valence-corrected chi connectivity index (χ4v) is 2.20.